The van der Waals surface area contributed by atoms with Crippen molar-refractivity contribution in [2.45, 2.75) is 71.9 Å². The molecule has 0 saturated heterocycles. The summed E-state index contributed by atoms with van der Waals surface area (Å²) in [6.07, 6.45) is 5.00. The summed E-state index contributed by atoms with van der Waals surface area (Å²) in [5.41, 5.74) is -0.00926. The molecule has 1 atom stereocenters. The number of methoxy groups -OCH3 is 1. The molecule has 0 amide bonds. The zero-order valence-electron chi connectivity index (χ0n) is 12.1. The smallest absolute Gasteiger partial charge is 0.0637 e. The second kappa shape index (κ2) is 8.08. The van der Waals surface area contributed by atoms with Crippen molar-refractivity contribution in [3.63, 3.8) is 0 Å². The first-order valence-electron chi connectivity index (χ1n) is 6.69. The van der Waals surface area contributed by atoms with Crippen LogP contribution in [0.4, 0.5) is 0 Å². The molecule has 0 fully saturated rings. The van der Waals surface area contributed by atoms with E-state index in [0.717, 1.165) is 18.9 Å². The predicted octanol–water partition coefficient (Wildman–Crippen LogP) is 3.61. The summed E-state index contributed by atoms with van der Waals surface area (Å²) in [4.78, 5) is 0. The number of nitrogens with one attached hydrogen (secondary N) is 1. The lowest BCUT2D eigenvalue weighted by Gasteiger charge is -2.29. The first-order valence-corrected chi connectivity index (χ1v) is 6.69. The van der Waals surface area contributed by atoms with Crippen LogP contribution in [0.5, 0.6) is 0 Å². The largest absolute Gasteiger partial charge is 0.379 e. The van der Waals surface area contributed by atoms with Gasteiger partial charge in [0.15, 0.2) is 0 Å². The molecule has 0 aliphatic carbocycles. The van der Waals surface area contributed by atoms with Gasteiger partial charge in [-0.3, -0.25) is 0 Å². The fourth-order valence-corrected chi connectivity index (χ4v) is 2.01. The third-order valence-electron chi connectivity index (χ3n) is 3.12. The first-order chi connectivity index (χ1) is 7.41. The fourth-order valence-electron chi connectivity index (χ4n) is 2.01. The maximum Gasteiger partial charge on any atom is 0.0637 e. The summed E-state index contributed by atoms with van der Waals surface area (Å²) in [5.74, 6) is 0.817. The SMILES string of the molecule is CCNC(CCCC(C)C)CC(C)(C)OC. The van der Waals surface area contributed by atoms with Gasteiger partial charge < -0.3 is 10.1 Å². The van der Waals surface area contributed by atoms with Gasteiger partial charge in [-0.2, -0.15) is 0 Å². The van der Waals surface area contributed by atoms with Crippen LogP contribution in [0, 0.1) is 5.92 Å². The number of hydrogen-bond acceptors (Lipinski definition) is 2. The Balaban J connectivity index is 3.96. The first kappa shape index (κ1) is 15.9. The van der Waals surface area contributed by atoms with E-state index in [-0.39, 0.29) is 5.60 Å². The van der Waals surface area contributed by atoms with E-state index in [2.05, 4.69) is 39.9 Å². The fraction of sp³-hybridized carbons (Fsp3) is 1.00. The number of ether oxygens (including phenoxy) is 1. The van der Waals surface area contributed by atoms with Gasteiger partial charge >= 0.3 is 0 Å². The van der Waals surface area contributed by atoms with E-state index >= 15 is 0 Å². The van der Waals surface area contributed by atoms with Crippen LogP contribution in [-0.4, -0.2) is 25.3 Å². The summed E-state index contributed by atoms with van der Waals surface area (Å²) in [7, 11) is 1.80. The average Bonchev–Trinajstić information content (AvgIpc) is 2.17. The molecule has 0 bridgehead atoms. The highest BCUT2D eigenvalue weighted by molar-refractivity contribution is 4.78. The summed E-state index contributed by atoms with van der Waals surface area (Å²) in [5, 5.41) is 3.57. The molecule has 98 valence electrons. The van der Waals surface area contributed by atoms with Gasteiger partial charge in [0, 0.05) is 13.2 Å². The second-order valence-electron chi connectivity index (χ2n) is 5.75. The molecule has 0 rings (SSSR count). The Bertz CT molecular complexity index is 166. The molecule has 0 aliphatic heterocycles. The number of hydrogen-bond donors (Lipinski definition) is 1. The molecule has 0 heterocycles. The molecule has 16 heavy (non-hydrogen) atoms. The van der Waals surface area contributed by atoms with Crippen LogP contribution < -0.4 is 5.32 Å². The Hall–Kier alpha value is -0.0800. The maximum absolute atomic E-state index is 5.50. The molecule has 0 aromatic rings. The van der Waals surface area contributed by atoms with Crippen LogP contribution in [0.1, 0.15) is 60.3 Å². The normalized spacial score (nSPS) is 14.4. The molecule has 0 spiro atoms. The van der Waals surface area contributed by atoms with E-state index in [9.17, 15) is 0 Å². The van der Waals surface area contributed by atoms with E-state index in [1.54, 1.807) is 7.11 Å². The van der Waals surface area contributed by atoms with Gasteiger partial charge in [-0.05, 0) is 39.2 Å². The van der Waals surface area contributed by atoms with Crippen molar-refractivity contribution < 1.29 is 4.74 Å². The summed E-state index contributed by atoms with van der Waals surface area (Å²) < 4.78 is 5.50. The molecule has 2 heteroatoms. The van der Waals surface area contributed by atoms with Crippen LogP contribution in [0.3, 0.4) is 0 Å². The predicted molar refractivity (Wildman–Crippen MR) is 71.9 cm³/mol. The van der Waals surface area contributed by atoms with Gasteiger partial charge in [-0.1, -0.05) is 33.6 Å². The molecule has 0 aliphatic rings. The lowest BCUT2D eigenvalue weighted by atomic mass is 9.94. The van der Waals surface area contributed by atoms with Gasteiger partial charge in [-0.25, -0.2) is 0 Å². The molecule has 0 aromatic carbocycles. The third kappa shape index (κ3) is 8.12. The highest BCUT2D eigenvalue weighted by Crippen LogP contribution is 2.19. The molecule has 0 aromatic heterocycles. The summed E-state index contributed by atoms with van der Waals surface area (Å²) >= 11 is 0. The van der Waals surface area contributed by atoms with Crippen LogP contribution in [0.25, 0.3) is 0 Å². The van der Waals surface area contributed by atoms with Crippen molar-refractivity contribution in [1.29, 1.82) is 0 Å². The van der Waals surface area contributed by atoms with E-state index < -0.39 is 0 Å². The maximum atomic E-state index is 5.50. The molecule has 0 saturated carbocycles. The molecule has 2 nitrogen and oxygen atoms in total. The molecular weight excluding hydrogens is 198 g/mol. The Morgan fingerprint density at radius 2 is 1.81 bits per heavy atom. The molecule has 1 N–H and O–H groups in total. The van der Waals surface area contributed by atoms with Crippen LogP contribution in [0.15, 0.2) is 0 Å². The van der Waals surface area contributed by atoms with Gasteiger partial charge in [0.05, 0.1) is 5.60 Å². The van der Waals surface area contributed by atoms with Crippen molar-refractivity contribution in [1.82, 2.24) is 5.32 Å². The topological polar surface area (TPSA) is 21.3 Å². The Morgan fingerprint density at radius 1 is 1.19 bits per heavy atom. The van der Waals surface area contributed by atoms with Gasteiger partial charge in [0.2, 0.25) is 0 Å². The standard InChI is InChI=1S/C14H31NO/c1-7-15-13(10-8-9-12(2)3)11-14(4,5)16-6/h12-13,15H,7-11H2,1-6H3. The Labute approximate surface area is 102 Å². The molecule has 1 unspecified atom stereocenters. The highest BCUT2D eigenvalue weighted by atomic mass is 16.5. The minimum absolute atomic E-state index is 0.00926. The van der Waals surface area contributed by atoms with Crippen molar-refractivity contribution in [3.8, 4) is 0 Å². The van der Waals surface area contributed by atoms with Crippen LogP contribution >= 0.6 is 0 Å². The van der Waals surface area contributed by atoms with E-state index in [1.165, 1.54) is 19.3 Å². The minimum Gasteiger partial charge on any atom is -0.379 e. The monoisotopic (exact) mass is 229 g/mol. The Morgan fingerprint density at radius 3 is 2.25 bits per heavy atom. The van der Waals surface area contributed by atoms with E-state index in [4.69, 9.17) is 4.74 Å². The summed E-state index contributed by atoms with van der Waals surface area (Å²) in [6, 6.07) is 0.596. The highest BCUT2D eigenvalue weighted by Gasteiger charge is 2.21. The zero-order valence-corrected chi connectivity index (χ0v) is 12.1. The van der Waals surface area contributed by atoms with E-state index in [0.29, 0.717) is 6.04 Å². The quantitative estimate of drug-likeness (QED) is 0.652. The van der Waals surface area contributed by atoms with Gasteiger partial charge in [-0.15, -0.1) is 0 Å². The summed E-state index contributed by atoms with van der Waals surface area (Å²) in [6.45, 7) is 12.1. The number of rotatable bonds is 9. The zero-order chi connectivity index (χ0) is 12.6. The van der Waals surface area contributed by atoms with Crippen LogP contribution in [0.2, 0.25) is 0 Å². The van der Waals surface area contributed by atoms with Gasteiger partial charge in [0.25, 0.3) is 0 Å². The average molecular weight is 229 g/mol. The van der Waals surface area contributed by atoms with Gasteiger partial charge in [0.1, 0.15) is 0 Å². The minimum atomic E-state index is -0.00926. The lowest BCUT2D eigenvalue weighted by molar-refractivity contribution is 0.00628. The lowest BCUT2D eigenvalue weighted by Crippen LogP contribution is -2.37. The Kier molecular flexibility index (Phi) is 8.04. The van der Waals surface area contributed by atoms with E-state index in [1.807, 2.05) is 0 Å². The second-order valence-corrected chi connectivity index (χ2v) is 5.75. The third-order valence-corrected chi connectivity index (χ3v) is 3.12. The molecular formula is C14H31NO. The molecule has 0 radical (unpaired) electrons. The van der Waals surface area contributed by atoms with Crippen molar-refractivity contribution >= 4 is 0 Å². The van der Waals surface area contributed by atoms with Crippen molar-refractivity contribution in [3.05, 3.63) is 0 Å². The van der Waals surface area contributed by atoms with Crippen molar-refractivity contribution in [2.75, 3.05) is 13.7 Å². The van der Waals surface area contributed by atoms with Crippen molar-refractivity contribution in [2.24, 2.45) is 5.92 Å². The van der Waals surface area contributed by atoms with Crippen LogP contribution in [-0.2, 0) is 4.74 Å².